The van der Waals surface area contributed by atoms with E-state index in [2.05, 4.69) is 37.8 Å². The van der Waals surface area contributed by atoms with E-state index in [0.717, 1.165) is 43.8 Å². The molecule has 0 aliphatic carbocycles. The summed E-state index contributed by atoms with van der Waals surface area (Å²) in [5, 5.41) is 0. The molecule has 2 rings (SSSR count). The summed E-state index contributed by atoms with van der Waals surface area (Å²) in [5.74, 6) is 0. The minimum atomic E-state index is 0.127. The average molecular weight is 277 g/mol. The summed E-state index contributed by atoms with van der Waals surface area (Å²) in [7, 11) is 0. The molecular formula is C17H24FNO. The number of nitrogens with zero attached hydrogens (tertiary/aromatic N) is 1. The van der Waals surface area contributed by atoms with Crippen molar-refractivity contribution in [3.63, 3.8) is 0 Å². The topological polar surface area (TPSA) is 12.5 Å². The predicted octanol–water partition coefficient (Wildman–Crippen LogP) is 3.63. The number of hydrogen-bond donors (Lipinski definition) is 0. The summed E-state index contributed by atoms with van der Waals surface area (Å²) >= 11 is 0. The average Bonchev–Trinajstić information content (AvgIpc) is 2.45. The highest BCUT2D eigenvalue weighted by Gasteiger charge is 2.16. The number of halogens is 1. The van der Waals surface area contributed by atoms with E-state index in [1.54, 1.807) is 0 Å². The van der Waals surface area contributed by atoms with E-state index < -0.39 is 0 Å². The Kier molecular flexibility index (Phi) is 4.95. The first-order valence-electron chi connectivity index (χ1n) is 7.21. The fourth-order valence-corrected chi connectivity index (χ4v) is 2.37. The zero-order chi connectivity index (χ0) is 14.6. The Labute approximate surface area is 121 Å². The maximum absolute atomic E-state index is 13.2. The summed E-state index contributed by atoms with van der Waals surface area (Å²) in [6.07, 6.45) is 0.738. The highest BCUT2D eigenvalue weighted by Crippen LogP contribution is 2.25. The highest BCUT2D eigenvalue weighted by atomic mass is 19.1. The van der Waals surface area contributed by atoms with Crippen molar-refractivity contribution in [1.29, 1.82) is 0 Å². The molecule has 0 spiro atoms. The van der Waals surface area contributed by atoms with Crippen LogP contribution in [-0.2, 0) is 10.2 Å². The van der Waals surface area contributed by atoms with E-state index in [1.165, 1.54) is 5.56 Å². The van der Waals surface area contributed by atoms with Crippen LogP contribution in [0.3, 0.4) is 0 Å². The molecule has 1 saturated heterocycles. The van der Waals surface area contributed by atoms with E-state index in [4.69, 9.17) is 4.74 Å². The molecule has 1 aromatic carbocycles. The van der Waals surface area contributed by atoms with Crippen LogP contribution in [0.2, 0.25) is 0 Å². The highest BCUT2D eigenvalue weighted by molar-refractivity contribution is 5.66. The van der Waals surface area contributed by atoms with Crippen molar-refractivity contribution in [2.75, 3.05) is 32.8 Å². The van der Waals surface area contributed by atoms with Crippen LogP contribution in [0.25, 0.3) is 5.57 Å². The van der Waals surface area contributed by atoms with Crippen LogP contribution in [0.1, 0.15) is 31.9 Å². The smallest absolute Gasteiger partial charge is 0.0917 e. The van der Waals surface area contributed by atoms with Crippen molar-refractivity contribution in [1.82, 2.24) is 4.90 Å². The van der Waals surface area contributed by atoms with Crippen molar-refractivity contribution in [2.24, 2.45) is 0 Å². The molecule has 0 unspecified atom stereocenters. The molecule has 1 aliphatic rings. The molecule has 20 heavy (non-hydrogen) atoms. The van der Waals surface area contributed by atoms with Gasteiger partial charge in [-0.3, -0.25) is 4.90 Å². The molecule has 1 heterocycles. The van der Waals surface area contributed by atoms with Gasteiger partial charge in [0.1, 0.15) is 0 Å². The Morgan fingerprint density at radius 2 is 1.80 bits per heavy atom. The Balaban J connectivity index is 2.08. The van der Waals surface area contributed by atoms with Gasteiger partial charge in [-0.25, -0.2) is 4.39 Å². The number of morpholine rings is 1. The molecule has 0 atom stereocenters. The molecule has 0 bridgehead atoms. The van der Waals surface area contributed by atoms with Gasteiger partial charge in [0, 0.05) is 25.2 Å². The molecule has 110 valence electrons. The maximum Gasteiger partial charge on any atom is 0.0917 e. The van der Waals surface area contributed by atoms with Crippen molar-refractivity contribution in [2.45, 2.75) is 26.2 Å². The van der Waals surface area contributed by atoms with Crippen molar-refractivity contribution < 1.29 is 9.13 Å². The normalized spacial score (nSPS) is 18.3. The van der Waals surface area contributed by atoms with E-state index >= 15 is 0 Å². The van der Waals surface area contributed by atoms with Crippen LogP contribution in [0.15, 0.2) is 30.6 Å². The van der Waals surface area contributed by atoms with Gasteiger partial charge >= 0.3 is 0 Å². The molecular weight excluding hydrogens is 253 g/mol. The molecule has 0 radical (unpaired) electrons. The molecule has 0 aromatic heterocycles. The summed E-state index contributed by atoms with van der Waals surface area (Å²) in [6, 6.07) is 8.23. The van der Waals surface area contributed by atoms with Gasteiger partial charge in [-0.15, -0.1) is 0 Å². The Morgan fingerprint density at radius 1 is 1.20 bits per heavy atom. The number of hydrogen-bond acceptors (Lipinski definition) is 2. The lowest BCUT2D eigenvalue weighted by Gasteiger charge is -2.27. The van der Waals surface area contributed by atoms with Crippen molar-refractivity contribution >= 4 is 5.57 Å². The second-order valence-electron chi connectivity index (χ2n) is 6.35. The summed E-state index contributed by atoms with van der Waals surface area (Å²) in [4.78, 5) is 2.23. The van der Waals surface area contributed by atoms with Crippen LogP contribution in [0, 0.1) is 0 Å². The first-order valence-corrected chi connectivity index (χ1v) is 7.21. The zero-order valence-electron chi connectivity index (χ0n) is 12.7. The van der Waals surface area contributed by atoms with Gasteiger partial charge in [-0.1, -0.05) is 45.0 Å². The molecule has 1 aromatic rings. The molecule has 3 heteroatoms. The quantitative estimate of drug-likeness (QED) is 0.836. The van der Waals surface area contributed by atoms with E-state index in [1.807, 2.05) is 12.1 Å². The molecule has 0 saturated carbocycles. The van der Waals surface area contributed by atoms with Crippen LogP contribution >= 0.6 is 0 Å². The minimum absolute atomic E-state index is 0.127. The molecule has 1 aliphatic heterocycles. The van der Waals surface area contributed by atoms with Crippen LogP contribution in [0.5, 0.6) is 0 Å². The molecule has 1 fully saturated rings. The van der Waals surface area contributed by atoms with Gasteiger partial charge in [-0.05, 0) is 16.5 Å². The monoisotopic (exact) mass is 277 g/mol. The van der Waals surface area contributed by atoms with Gasteiger partial charge in [-0.2, -0.15) is 0 Å². The third-order valence-electron chi connectivity index (χ3n) is 3.75. The fraction of sp³-hybridized carbons (Fsp3) is 0.529. The number of benzene rings is 1. The van der Waals surface area contributed by atoms with Crippen molar-refractivity contribution in [3.05, 3.63) is 41.7 Å². The van der Waals surface area contributed by atoms with E-state index in [-0.39, 0.29) is 5.41 Å². The van der Waals surface area contributed by atoms with Gasteiger partial charge in [0.2, 0.25) is 0 Å². The first-order chi connectivity index (χ1) is 9.50. The zero-order valence-corrected chi connectivity index (χ0v) is 12.7. The van der Waals surface area contributed by atoms with E-state index in [9.17, 15) is 4.39 Å². The second kappa shape index (κ2) is 6.51. The van der Waals surface area contributed by atoms with Gasteiger partial charge in [0.25, 0.3) is 0 Å². The van der Waals surface area contributed by atoms with Gasteiger partial charge < -0.3 is 4.74 Å². The standard InChI is InChI=1S/C17H24FNO/c1-17(2,3)16-6-4-14(5-7-16)15(12-18)13-19-8-10-20-11-9-19/h4-7,12H,8-11,13H2,1-3H3/b15-12+. The molecule has 0 N–H and O–H groups in total. The lowest BCUT2D eigenvalue weighted by molar-refractivity contribution is 0.0443. The SMILES string of the molecule is CC(C)(C)c1ccc(/C(=C/F)CN2CCOCC2)cc1. The largest absolute Gasteiger partial charge is 0.379 e. The second-order valence-corrected chi connectivity index (χ2v) is 6.35. The van der Waals surface area contributed by atoms with E-state index in [0.29, 0.717) is 6.54 Å². The fourth-order valence-electron chi connectivity index (χ4n) is 2.37. The number of rotatable bonds is 3. The summed E-state index contributed by atoms with van der Waals surface area (Å²) < 4.78 is 18.5. The Bertz CT molecular complexity index is 453. The Hall–Kier alpha value is -1.19. The summed E-state index contributed by atoms with van der Waals surface area (Å²) in [6.45, 7) is 10.4. The number of ether oxygens (including phenoxy) is 1. The minimum Gasteiger partial charge on any atom is -0.379 e. The third kappa shape index (κ3) is 3.90. The van der Waals surface area contributed by atoms with Gasteiger partial charge in [0.05, 0.1) is 19.5 Å². The lowest BCUT2D eigenvalue weighted by atomic mass is 9.86. The molecule has 2 nitrogen and oxygen atoms in total. The maximum atomic E-state index is 13.2. The summed E-state index contributed by atoms with van der Waals surface area (Å²) in [5.41, 5.74) is 3.10. The molecule has 0 amide bonds. The Morgan fingerprint density at radius 3 is 2.30 bits per heavy atom. The van der Waals surface area contributed by atoms with Crippen molar-refractivity contribution in [3.8, 4) is 0 Å². The third-order valence-corrected chi connectivity index (χ3v) is 3.75. The van der Waals surface area contributed by atoms with Crippen LogP contribution in [0.4, 0.5) is 4.39 Å². The first kappa shape index (κ1) is 15.2. The van der Waals surface area contributed by atoms with Crippen LogP contribution in [-0.4, -0.2) is 37.7 Å². The van der Waals surface area contributed by atoms with Crippen LogP contribution < -0.4 is 0 Å². The predicted molar refractivity (Wildman–Crippen MR) is 81.5 cm³/mol. The lowest BCUT2D eigenvalue weighted by Crippen LogP contribution is -2.37. The van der Waals surface area contributed by atoms with Gasteiger partial charge in [0.15, 0.2) is 0 Å².